The number of carbonyl (C=O) groups excluding carboxylic acids is 1. The maximum absolute atomic E-state index is 12.6. The highest BCUT2D eigenvalue weighted by atomic mass is 16.6. The summed E-state index contributed by atoms with van der Waals surface area (Å²) in [5.41, 5.74) is 1.97. The Morgan fingerprint density at radius 2 is 1.81 bits per heavy atom. The van der Waals surface area contributed by atoms with Gasteiger partial charge in [-0.05, 0) is 43.5 Å². The molecule has 3 fully saturated rings. The Balaban J connectivity index is 1.43. The van der Waals surface area contributed by atoms with Crippen LogP contribution in [0, 0.1) is 0 Å². The molecule has 0 unspecified atom stereocenters. The summed E-state index contributed by atoms with van der Waals surface area (Å²) in [7, 11) is 0. The smallest absolute Gasteiger partial charge is 0.415 e. The molecule has 27 heavy (non-hydrogen) atoms. The molecular weight excluding hydrogens is 342 g/mol. The third-order valence-electron chi connectivity index (χ3n) is 5.31. The van der Waals surface area contributed by atoms with Gasteiger partial charge in [0, 0.05) is 44.0 Å². The number of fused-ring (bicyclic) bond motifs is 4. The number of ether oxygens (including phenoxy) is 2. The molecule has 3 aliphatic heterocycles. The van der Waals surface area contributed by atoms with Crippen LogP contribution >= 0.6 is 0 Å². The van der Waals surface area contributed by atoms with Crippen molar-refractivity contribution in [3.05, 3.63) is 42.7 Å². The second kappa shape index (κ2) is 7.96. The molecule has 0 atom stereocenters. The Bertz CT molecular complexity index is 786. The Morgan fingerprint density at radius 3 is 2.56 bits per heavy atom. The third kappa shape index (κ3) is 4.06. The first-order valence-electron chi connectivity index (χ1n) is 9.62. The number of hydrogen-bond donors (Lipinski definition) is 0. The van der Waals surface area contributed by atoms with Crippen molar-refractivity contribution in [1.82, 2.24) is 14.8 Å². The van der Waals surface area contributed by atoms with Crippen LogP contribution in [-0.2, 0) is 0 Å². The summed E-state index contributed by atoms with van der Waals surface area (Å²) in [5.74, 6) is 1.31. The van der Waals surface area contributed by atoms with Gasteiger partial charge in [0.2, 0.25) is 0 Å². The molecule has 4 heterocycles. The van der Waals surface area contributed by atoms with Crippen LogP contribution < -0.4 is 9.47 Å². The predicted molar refractivity (Wildman–Crippen MR) is 103 cm³/mol. The van der Waals surface area contributed by atoms with E-state index in [0.29, 0.717) is 18.4 Å². The number of aromatic nitrogens is 1. The fourth-order valence-electron chi connectivity index (χ4n) is 3.82. The zero-order chi connectivity index (χ0) is 18.6. The summed E-state index contributed by atoms with van der Waals surface area (Å²) in [6.45, 7) is 6.40. The standard InChI is InChI=1S/C21H25N3O3/c1-2-26-20-13-17(14-22-15-20)16-3-5-19(6-4-16)27-21(25)24-12-11-23-9-7-18(24)8-10-23/h3-6,13-15,18H,2,7-12H2,1H3. The van der Waals surface area contributed by atoms with Crippen molar-refractivity contribution in [2.24, 2.45) is 0 Å². The van der Waals surface area contributed by atoms with Crippen LogP contribution in [0.5, 0.6) is 11.5 Å². The normalized spacial score (nSPS) is 21.6. The van der Waals surface area contributed by atoms with Gasteiger partial charge in [0.15, 0.2) is 0 Å². The first-order chi connectivity index (χ1) is 13.2. The maximum Gasteiger partial charge on any atom is 0.415 e. The van der Waals surface area contributed by atoms with Crippen LogP contribution in [0.25, 0.3) is 11.1 Å². The van der Waals surface area contributed by atoms with E-state index in [0.717, 1.165) is 55.9 Å². The maximum atomic E-state index is 12.6. The van der Waals surface area contributed by atoms with Gasteiger partial charge < -0.3 is 19.3 Å². The number of hydrogen-bond acceptors (Lipinski definition) is 5. The molecule has 1 aromatic carbocycles. The van der Waals surface area contributed by atoms with E-state index in [1.54, 1.807) is 12.4 Å². The quantitative estimate of drug-likeness (QED) is 0.829. The lowest BCUT2D eigenvalue weighted by Gasteiger charge is -2.30. The van der Waals surface area contributed by atoms with E-state index in [9.17, 15) is 4.79 Å². The van der Waals surface area contributed by atoms with E-state index >= 15 is 0 Å². The van der Waals surface area contributed by atoms with Crippen LogP contribution in [0.1, 0.15) is 19.8 Å². The van der Waals surface area contributed by atoms with Crippen molar-refractivity contribution in [1.29, 1.82) is 0 Å². The fourth-order valence-corrected chi connectivity index (χ4v) is 3.82. The van der Waals surface area contributed by atoms with Crippen LogP contribution in [0.2, 0.25) is 0 Å². The minimum absolute atomic E-state index is 0.239. The van der Waals surface area contributed by atoms with E-state index in [-0.39, 0.29) is 6.09 Å². The van der Waals surface area contributed by atoms with Crippen molar-refractivity contribution in [2.75, 3.05) is 32.8 Å². The Kier molecular flexibility index (Phi) is 5.25. The Labute approximate surface area is 159 Å². The summed E-state index contributed by atoms with van der Waals surface area (Å²) in [6.07, 6.45) is 5.34. The van der Waals surface area contributed by atoms with E-state index in [1.807, 2.05) is 42.2 Å². The van der Waals surface area contributed by atoms with Gasteiger partial charge in [0.05, 0.1) is 12.8 Å². The zero-order valence-corrected chi connectivity index (χ0v) is 15.6. The molecule has 0 radical (unpaired) electrons. The number of rotatable bonds is 4. The summed E-state index contributed by atoms with van der Waals surface area (Å²) < 4.78 is 11.1. The average molecular weight is 367 g/mol. The Morgan fingerprint density at radius 1 is 1.04 bits per heavy atom. The molecule has 0 saturated carbocycles. The molecule has 0 aliphatic carbocycles. The molecule has 6 nitrogen and oxygen atoms in total. The first kappa shape index (κ1) is 17.8. The van der Waals surface area contributed by atoms with Crippen molar-refractivity contribution in [3.63, 3.8) is 0 Å². The monoisotopic (exact) mass is 367 g/mol. The molecule has 2 aromatic rings. The lowest BCUT2D eigenvalue weighted by atomic mass is 10.1. The van der Waals surface area contributed by atoms with Crippen LogP contribution in [0.4, 0.5) is 4.79 Å². The second-order valence-corrected chi connectivity index (χ2v) is 7.00. The van der Waals surface area contributed by atoms with E-state index in [2.05, 4.69) is 9.88 Å². The summed E-state index contributed by atoms with van der Waals surface area (Å²) in [6, 6.07) is 9.81. The minimum Gasteiger partial charge on any atom is -0.492 e. The molecule has 142 valence electrons. The lowest BCUT2D eigenvalue weighted by Crippen LogP contribution is -2.43. The number of piperidine rings is 1. The fraction of sp³-hybridized carbons (Fsp3) is 0.429. The van der Waals surface area contributed by atoms with Crippen molar-refractivity contribution < 1.29 is 14.3 Å². The highest BCUT2D eigenvalue weighted by Gasteiger charge is 2.32. The summed E-state index contributed by atoms with van der Waals surface area (Å²) in [5, 5.41) is 0. The third-order valence-corrected chi connectivity index (χ3v) is 5.31. The zero-order valence-electron chi connectivity index (χ0n) is 15.6. The minimum atomic E-state index is -0.239. The van der Waals surface area contributed by atoms with Crippen molar-refractivity contribution in [2.45, 2.75) is 25.8 Å². The largest absolute Gasteiger partial charge is 0.492 e. The van der Waals surface area contributed by atoms with Gasteiger partial charge in [0.25, 0.3) is 0 Å². The molecule has 1 aromatic heterocycles. The van der Waals surface area contributed by atoms with Gasteiger partial charge in [-0.2, -0.15) is 0 Å². The van der Waals surface area contributed by atoms with E-state index in [4.69, 9.17) is 9.47 Å². The lowest BCUT2D eigenvalue weighted by molar-refractivity contribution is 0.131. The topological polar surface area (TPSA) is 54.9 Å². The first-order valence-corrected chi connectivity index (χ1v) is 9.62. The summed E-state index contributed by atoms with van der Waals surface area (Å²) in [4.78, 5) is 21.2. The van der Waals surface area contributed by atoms with Crippen molar-refractivity contribution in [3.8, 4) is 22.6 Å². The van der Waals surface area contributed by atoms with E-state index < -0.39 is 0 Å². The number of pyridine rings is 1. The molecule has 3 saturated heterocycles. The summed E-state index contributed by atoms with van der Waals surface area (Å²) >= 11 is 0. The van der Waals surface area contributed by atoms with Crippen LogP contribution in [0.3, 0.4) is 0 Å². The molecule has 1 amide bonds. The second-order valence-electron chi connectivity index (χ2n) is 7.00. The van der Waals surface area contributed by atoms with Crippen LogP contribution in [0.15, 0.2) is 42.7 Å². The molecule has 5 rings (SSSR count). The highest BCUT2D eigenvalue weighted by Crippen LogP contribution is 2.26. The average Bonchev–Trinajstić information content (AvgIpc) is 3.03. The van der Waals surface area contributed by atoms with Gasteiger partial charge in [-0.15, -0.1) is 0 Å². The van der Waals surface area contributed by atoms with Gasteiger partial charge >= 0.3 is 6.09 Å². The SMILES string of the molecule is CCOc1cncc(-c2ccc(OC(=O)N3CCN4CCC3CC4)cc2)c1. The van der Waals surface area contributed by atoms with E-state index in [1.165, 1.54) is 0 Å². The number of nitrogens with zero attached hydrogens (tertiary/aromatic N) is 3. The molecule has 0 N–H and O–H groups in total. The van der Waals surface area contributed by atoms with Gasteiger partial charge in [0.1, 0.15) is 11.5 Å². The number of amides is 1. The van der Waals surface area contributed by atoms with Crippen LogP contribution in [-0.4, -0.2) is 59.7 Å². The molecular formula is C21H25N3O3. The number of benzene rings is 1. The predicted octanol–water partition coefficient (Wildman–Crippen LogP) is 3.43. The van der Waals surface area contributed by atoms with Gasteiger partial charge in [-0.3, -0.25) is 4.98 Å². The van der Waals surface area contributed by atoms with Crippen molar-refractivity contribution >= 4 is 6.09 Å². The molecule has 3 aliphatic rings. The number of carbonyl (C=O) groups is 1. The molecule has 6 heteroatoms. The highest BCUT2D eigenvalue weighted by molar-refractivity contribution is 5.72. The molecule has 0 spiro atoms. The Hall–Kier alpha value is -2.60. The molecule has 2 bridgehead atoms. The van der Waals surface area contributed by atoms with Gasteiger partial charge in [-0.25, -0.2) is 4.79 Å². The van der Waals surface area contributed by atoms with Gasteiger partial charge in [-0.1, -0.05) is 12.1 Å².